The monoisotopic (exact) mass is 845 g/mol. The second-order valence-electron chi connectivity index (χ2n) is 15.6. The zero-order chi connectivity index (χ0) is 44.4. The molecule has 0 spiro atoms. The highest BCUT2D eigenvalue weighted by molar-refractivity contribution is 5.71. The van der Waals surface area contributed by atoms with Crippen LogP contribution in [0.4, 0.5) is 0 Å². The Kier molecular flexibility index (Phi) is 45.6. The van der Waals surface area contributed by atoms with Crippen LogP contribution in [0.2, 0.25) is 0 Å². The minimum Gasteiger partial charge on any atom is -0.462 e. The summed E-state index contributed by atoms with van der Waals surface area (Å²) >= 11 is 0. The van der Waals surface area contributed by atoms with E-state index in [0.29, 0.717) is 12.8 Å². The second kappa shape index (κ2) is 48.7. The van der Waals surface area contributed by atoms with Gasteiger partial charge in [0.05, 0.1) is 0 Å². The summed E-state index contributed by atoms with van der Waals surface area (Å²) in [4.78, 5) is 37.9. The van der Waals surface area contributed by atoms with Gasteiger partial charge in [-0.25, -0.2) is 0 Å². The molecular weight excluding hydrogens is 757 g/mol. The molecule has 0 saturated heterocycles. The molecule has 0 radical (unpaired) electrons. The van der Waals surface area contributed by atoms with Gasteiger partial charge in [-0.15, -0.1) is 0 Å². The fourth-order valence-electron chi connectivity index (χ4n) is 6.19. The smallest absolute Gasteiger partial charge is 0.306 e. The molecule has 0 aromatic carbocycles. The van der Waals surface area contributed by atoms with E-state index < -0.39 is 6.10 Å². The van der Waals surface area contributed by atoms with E-state index in [1.807, 2.05) is 0 Å². The maximum atomic E-state index is 12.7. The van der Waals surface area contributed by atoms with Crippen molar-refractivity contribution in [3.05, 3.63) is 109 Å². The van der Waals surface area contributed by atoms with Crippen molar-refractivity contribution in [2.24, 2.45) is 0 Å². The molecule has 0 bridgehead atoms. The molecule has 0 N–H and O–H groups in total. The van der Waals surface area contributed by atoms with Crippen LogP contribution in [0.1, 0.15) is 201 Å². The molecule has 0 aliphatic carbocycles. The number of hydrogen-bond donors (Lipinski definition) is 0. The molecule has 1 atom stereocenters. The third-order valence-electron chi connectivity index (χ3n) is 9.75. The van der Waals surface area contributed by atoms with Gasteiger partial charge in [0.2, 0.25) is 0 Å². The lowest BCUT2D eigenvalue weighted by Gasteiger charge is -2.18. The first-order valence-corrected chi connectivity index (χ1v) is 24.4. The van der Waals surface area contributed by atoms with Crippen molar-refractivity contribution in [2.75, 3.05) is 13.2 Å². The van der Waals surface area contributed by atoms with E-state index in [2.05, 4.69) is 130 Å². The van der Waals surface area contributed by atoms with Crippen molar-refractivity contribution in [3.8, 4) is 0 Å². The van der Waals surface area contributed by atoms with E-state index in [0.717, 1.165) is 135 Å². The summed E-state index contributed by atoms with van der Waals surface area (Å²) in [7, 11) is 0. The van der Waals surface area contributed by atoms with Gasteiger partial charge in [0.25, 0.3) is 0 Å². The Balaban J connectivity index is 4.48. The van der Waals surface area contributed by atoms with Crippen LogP contribution in [0, 0.1) is 0 Å². The molecule has 0 aliphatic rings. The van der Waals surface area contributed by atoms with Gasteiger partial charge in [-0.05, 0) is 116 Å². The fourth-order valence-corrected chi connectivity index (χ4v) is 6.19. The average Bonchev–Trinajstić information content (AvgIpc) is 3.26. The molecule has 0 aromatic rings. The summed E-state index contributed by atoms with van der Waals surface area (Å²) in [6.07, 6.45) is 65.0. The van der Waals surface area contributed by atoms with Gasteiger partial charge in [0.15, 0.2) is 6.10 Å². The fraction of sp³-hybridized carbons (Fsp3) is 0.618. The van der Waals surface area contributed by atoms with Gasteiger partial charge < -0.3 is 14.2 Å². The summed E-state index contributed by atoms with van der Waals surface area (Å²) in [6, 6.07) is 0. The number of ether oxygens (including phenoxy) is 3. The number of unbranched alkanes of at least 4 members (excludes halogenated alkanes) is 13. The maximum absolute atomic E-state index is 12.7. The Labute approximate surface area is 374 Å². The molecule has 0 aromatic heterocycles. The molecule has 0 aliphatic heterocycles. The molecule has 6 heteroatoms. The third kappa shape index (κ3) is 47.0. The largest absolute Gasteiger partial charge is 0.462 e. The normalized spacial score (nSPS) is 13.0. The number of hydrogen-bond acceptors (Lipinski definition) is 6. The van der Waals surface area contributed by atoms with E-state index in [9.17, 15) is 14.4 Å². The average molecular weight is 845 g/mol. The second-order valence-corrected chi connectivity index (χ2v) is 15.6. The van der Waals surface area contributed by atoms with Crippen molar-refractivity contribution in [3.63, 3.8) is 0 Å². The standard InChI is InChI=1S/C55H88O6/c1-4-7-10-13-16-19-22-25-26-27-28-31-33-36-39-42-45-48-54(57)60-51-52(61-55(58)49-46-43-40-37-34-30-24-21-18-15-12-9-6-3)50-59-53(56)47-44-41-38-35-32-29-23-20-17-14-11-8-5-2/h7-12,16-21,25-26,29-30,32,34,52H,4-6,13-15,22-24,27-28,31,33,35-51H2,1-3H3/b10-7-,11-8-,12-9-,19-16-,20-17-,21-18-,26-25-,32-29-,34-30-. The van der Waals surface area contributed by atoms with E-state index in [-0.39, 0.29) is 37.5 Å². The molecule has 344 valence electrons. The first kappa shape index (κ1) is 57.1. The molecule has 61 heavy (non-hydrogen) atoms. The predicted molar refractivity (Wildman–Crippen MR) is 260 cm³/mol. The molecule has 0 saturated carbocycles. The lowest BCUT2D eigenvalue weighted by Crippen LogP contribution is -2.30. The van der Waals surface area contributed by atoms with E-state index in [1.54, 1.807) is 0 Å². The Hall–Kier alpha value is -3.93. The van der Waals surface area contributed by atoms with Crippen LogP contribution in [-0.4, -0.2) is 37.2 Å². The molecule has 6 nitrogen and oxygen atoms in total. The quantitative estimate of drug-likeness (QED) is 0.0264. The van der Waals surface area contributed by atoms with E-state index >= 15 is 0 Å². The molecule has 0 heterocycles. The van der Waals surface area contributed by atoms with Crippen molar-refractivity contribution < 1.29 is 28.6 Å². The minimum atomic E-state index is -0.810. The summed E-state index contributed by atoms with van der Waals surface area (Å²) in [5.41, 5.74) is 0. The Morgan fingerprint density at radius 2 is 0.590 bits per heavy atom. The van der Waals surface area contributed by atoms with Crippen LogP contribution in [0.5, 0.6) is 0 Å². The summed E-state index contributed by atoms with van der Waals surface area (Å²) in [6.45, 7) is 6.21. The molecule has 0 fully saturated rings. The SMILES string of the molecule is CC/C=C\C/C=C\C/C=C\CCCCCCCCCC(=O)OCC(COC(=O)CCCCC/C=C\C/C=C\C/C=C\CC)OC(=O)CCCCC/C=C\C/C=C\C/C=C\CC. The Morgan fingerprint density at radius 1 is 0.328 bits per heavy atom. The summed E-state index contributed by atoms with van der Waals surface area (Å²) in [5.74, 6) is -0.985. The number of carbonyl (C=O) groups is 3. The summed E-state index contributed by atoms with van der Waals surface area (Å²) in [5, 5.41) is 0. The van der Waals surface area contributed by atoms with Gasteiger partial charge >= 0.3 is 17.9 Å². The van der Waals surface area contributed by atoms with Crippen molar-refractivity contribution >= 4 is 17.9 Å². The van der Waals surface area contributed by atoms with Crippen molar-refractivity contribution in [1.29, 1.82) is 0 Å². The first-order valence-electron chi connectivity index (χ1n) is 24.4. The molecule has 0 rings (SSSR count). The lowest BCUT2D eigenvalue weighted by atomic mass is 10.1. The van der Waals surface area contributed by atoms with Crippen LogP contribution in [0.3, 0.4) is 0 Å². The highest BCUT2D eigenvalue weighted by Crippen LogP contribution is 2.13. The molecule has 1 unspecified atom stereocenters. The predicted octanol–water partition coefficient (Wildman–Crippen LogP) is 16.0. The molecule has 0 amide bonds. The Morgan fingerprint density at radius 3 is 0.934 bits per heavy atom. The third-order valence-corrected chi connectivity index (χ3v) is 9.75. The maximum Gasteiger partial charge on any atom is 0.306 e. The van der Waals surface area contributed by atoms with Crippen LogP contribution < -0.4 is 0 Å². The number of esters is 3. The van der Waals surface area contributed by atoms with Gasteiger partial charge in [0.1, 0.15) is 13.2 Å². The van der Waals surface area contributed by atoms with Crippen LogP contribution in [-0.2, 0) is 28.6 Å². The van der Waals surface area contributed by atoms with Crippen molar-refractivity contribution in [2.45, 2.75) is 207 Å². The highest BCUT2D eigenvalue weighted by atomic mass is 16.6. The minimum absolute atomic E-state index is 0.107. The van der Waals surface area contributed by atoms with Crippen LogP contribution in [0.25, 0.3) is 0 Å². The van der Waals surface area contributed by atoms with Gasteiger partial charge in [-0.1, -0.05) is 175 Å². The Bertz CT molecular complexity index is 1290. The number of rotatable bonds is 42. The number of carbonyl (C=O) groups excluding carboxylic acids is 3. The van der Waals surface area contributed by atoms with Gasteiger partial charge in [-0.3, -0.25) is 14.4 Å². The highest BCUT2D eigenvalue weighted by Gasteiger charge is 2.19. The zero-order valence-electron chi connectivity index (χ0n) is 39.1. The summed E-state index contributed by atoms with van der Waals surface area (Å²) < 4.78 is 16.7. The van der Waals surface area contributed by atoms with Crippen molar-refractivity contribution in [1.82, 2.24) is 0 Å². The topological polar surface area (TPSA) is 78.9 Å². The van der Waals surface area contributed by atoms with E-state index in [1.165, 1.54) is 25.7 Å². The lowest BCUT2D eigenvalue weighted by molar-refractivity contribution is -0.167. The number of allylic oxidation sites excluding steroid dienone is 18. The molecular formula is C55H88O6. The van der Waals surface area contributed by atoms with Crippen LogP contribution in [0.15, 0.2) is 109 Å². The van der Waals surface area contributed by atoms with Gasteiger partial charge in [-0.2, -0.15) is 0 Å². The first-order chi connectivity index (χ1) is 30.0. The van der Waals surface area contributed by atoms with E-state index in [4.69, 9.17) is 14.2 Å². The van der Waals surface area contributed by atoms with Crippen LogP contribution >= 0.6 is 0 Å². The van der Waals surface area contributed by atoms with Gasteiger partial charge in [0, 0.05) is 19.3 Å². The zero-order valence-corrected chi connectivity index (χ0v) is 39.1.